The minimum absolute atomic E-state index is 0.0380. The topological polar surface area (TPSA) is 92.4 Å². The highest BCUT2D eigenvalue weighted by molar-refractivity contribution is 7.89. The molecule has 0 spiro atoms. The van der Waals surface area contributed by atoms with Gasteiger partial charge in [-0.15, -0.1) is 0 Å². The SMILES string of the molecule is CCOC(=O)c1cn[nH]c1S(=O)(=O)N(CC)CC1CCC1. The summed E-state index contributed by atoms with van der Waals surface area (Å²) >= 11 is 0. The fraction of sp³-hybridized carbons (Fsp3) is 0.692. The van der Waals surface area contributed by atoms with Gasteiger partial charge >= 0.3 is 5.97 Å². The van der Waals surface area contributed by atoms with Crippen molar-refractivity contribution in [2.24, 2.45) is 5.92 Å². The molecule has 1 heterocycles. The van der Waals surface area contributed by atoms with Crippen molar-refractivity contribution in [2.75, 3.05) is 19.7 Å². The summed E-state index contributed by atoms with van der Waals surface area (Å²) in [5.74, 6) is -0.266. The van der Waals surface area contributed by atoms with Crippen molar-refractivity contribution in [3.8, 4) is 0 Å². The van der Waals surface area contributed by atoms with E-state index in [1.54, 1.807) is 13.8 Å². The Morgan fingerprint density at radius 2 is 2.19 bits per heavy atom. The highest BCUT2D eigenvalue weighted by atomic mass is 32.2. The molecular weight excluding hydrogens is 294 g/mol. The number of esters is 1. The maximum Gasteiger partial charge on any atom is 0.342 e. The number of aromatic nitrogens is 2. The molecule has 0 aliphatic heterocycles. The number of hydrogen-bond acceptors (Lipinski definition) is 5. The van der Waals surface area contributed by atoms with E-state index in [-0.39, 0.29) is 17.2 Å². The number of ether oxygens (including phenoxy) is 1. The molecule has 8 heteroatoms. The smallest absolute Gasteiger partial charge is 0.342 e. The Balaban J connectivity index is 2.25. The molecule has 118 valence electrons. The van der Waals surface area contributed by atoms with Crippen LogP contribution in [0.1, 0.15) is 43.5 Å². The van der Waals surface area contributed by atoms with Gasteiger partial charge in [-0.3, -0.25) is 5.10 Å². The molecular formula is C13H21N3O4S. The third kappa shape index (κ3) is 3.26. The van der Waals surface area contributed by atoms with Crippen LogP contribution in [0.25, 0.3) is 0 Å². The molecule has 0 atom stereocenters. The summed E-state index contributed by atoms with van der Waals surface area (Å²) in [6, 6.07) is 0. The van der Waals surface area contributed by atoms with Gasteiger partial charge in [0.2, 0.25) is 0 Å². The van der Waals surface area contributed by atoms with Crippen molar-refractivity contribution >= 4 is 16.0 Å². The van der Waals surface area contributed by atoms with Gasteiger partial charge in [0.05, 0.1) is 12.8 Å². The predicted octanol–water partition coefficient (Wildman–Crippen LogP) is 1.40. The van der Waals surface area contributed by atoms with E-state index < -0.39 is 16.0 Å². The Morgan fingerprint density at radius 1 is 1.48 bits per heavy atom. The lowest BCUT2D eigenvalue weighted by Gasteiger charge is -2.30. The predicted molar refractivity (Wildman–Crippen MR) is 76.3 cm³/mol. The average Bonchev–Trinajstić information content (AvgIpc) is 2.87. The number of hydrogen-bond donors (Lipinski definition) is 1. The Bertz CT molecular complexity index is 592. The van der Waals surface area contributed by atoms with Gasteiger partial charge in [0.15, 0.2) is 5.03 Å². The highest BCUT2D eigenvalue weighted by Gasteiger charge is 2.33. The summed E-state index contributed by atoms with van der Waals surface area (Å²) in [6.07, 6.45) is 4.46. The molecule has 1 N–H and O–H groups in total. The first-order chi connectivity index (χ1) is 10.0. The first-order valence-electron chi connectivity index (χ1n) is 7.21. The summed E-state index contributed by atoms with van der Waals surface area (Å²) in [4.78, 5) is 11.8. The minimum Gasteiger partial charge on any atom is -0.462 e. The third-order valence-electron chi connectivity index (χ3n) is 3.74. The molecule has 0 saturated heterocycles. The molecule has 21 heavy (non-hydrogen) atoms. The third-order valence-corrected chi connectivity index (χ3v) is 5.65. The molecule has 1 fully saturated rings. The largest absolute Gasteiger partial charge is 0.462 e. The first-order valence-corrected chi connectivity index (χ1v) is 8.65. The second kappa shape index (κ2) is 6.57. The first kappa shape index (κ1) is 16.0. The number of nitrogens with one attached hydrogen (secondary N) is 1. The number of aromatic amines is 1. The lowest BCUT2D eigenvalue weighted by molar-refractivity contribution is 0.0521. The summed E-state index contributed by atoms with van der Waals surface area (Å²) in [5.41, 5.74) is -0.0380. The van der Waals surface area contributed by atoms with Crippen molar-refractivity contribution in [2.45, 2.75) is 38.1 Å². The van der Waals surface area contributed by atoms with E-state index in [1.807, 2.05) is 0 Å². The van der Waals surface area contributed by atoms with Gasteiger partial charge < -0.3 is 4.74 Å². The van der Waals surface area contributed by atoms with Crippen molar-refractivity contribution in [1.29, 1.82) is 0 Å². The van der Waals surface area contributed by atoms with Crippen LogP contribution < -0.4 is 0 Å². The van der Waals surface area contributed by atoms with Crippen LogP contribution in [0.4, 0.5) is 0 Å². The van der Waals surface area contributed by atoms with Gasteiger partial charge in [-0.05, 0) is 25.7 Å². The monoisotopic (exact) mass is 315 g/mol. The summed E-state index contributed by atoms with van der Waals surface area (Å²) in [5, 5.41) is 5.94. The van der Waals surface area contributed by atoms with Crippen molar-refractivity contribution < 1.29 is 17.9 Å². The summed E-state index contributed by atoms with van der Waals surface area (Å²) in [6.45, 7) is 4.49. The Hall–Kier alpha value is -1.41. The molecule has 7 nitrogen and oxygen atoms in total. The normalized spacial score (nSPS) is 16.0. The van der Waals surface area contributed by atoms with Gasteiger partial charge in [-0.1, -0.05) is 13.3 Å². The second-order valence-corrected chi connectivity index (χ2v) is 6.96. The van der Waals surface area contributed by atoms with E-state index in [2.05, 4.69) is 10.2 Å². The Kier molecular flexibility index (Phi) is 5.00. The average molecular weight is 315 g/mol. The van der Waals surface area contributed by atoms with E-state index in [0.717, 1.165) is 19.3 Å². The number of H-pyrrole nitrogens is 1. The maximum atomic E-state index is 12.7. The molecule has 1 saturated carbocycles. The van der Waals surface area contributed by atoms with E-state index in [4.69, 9.17) is 4.74 Å². The molecule has 2 rings (SSSR count). The standard InChI is InChI=1S/C13H21N3O4S/c1-3-16(9-10-6-5-7-10)21(18,19)12-11(8-14-15-12)13(17)20-4-2/h8,10H,3-7,9H2,1-2H3,(H,14,15). The van der Waals surface area contributed by atoms with Crippen LogP contribution in [0.15, 0.2) is 11.2 Å². The molecule has 0 radical (unpaired) electrons. The highest BCUT2D eigenvalue weighted by Crippen LogP contribution is 2.29. The van der Waals surface area contributed by atoms with Gasteiger partial charge in [0, 0.05) is 13.1 Å². The number of carbonyl (C=O) groups is 1. The number of nitrogens with zero attached hydrogens (tertiary/aromatic N) is 2. The minimum atomic E-state index is -3.76. The zero-order valence-corrected chi connectivity index (χ0v) is 13.1. The molecule has 1 aromatic rings. The summed E-state index contributed by atoms with van der Waals surface area (Å²) < 4.78 is 31.6. The number of carbonyl (C=O) groups excluding carboxylic acids is 1. The lowest BCUT2D eigenvalue weighted by Crippen LogP contribution is -2.38. The van der Waals surface area contributed by atoms with Crippen LogP contribution in [0.2, 0.25) is 0 Å². The van der Waals surface area contributed by atoms with E-state index in [1.165, 1.54) is 10.5 Å². The quantitative estimate of drug-likeness (QED) is 0.768. The van der Waals surface area contributed by atoms with Crippen LogP contribution >= 0.6 is 0 Å². The fourth-order valence-corrected chi connectivity index (χ4v) is 3.90. The summed E-state index contributed by atoms with van der Waals surface area (Å²) in [7, 11) is -3.76. The van der Waals surface area contributed by atoms with Crippen molar-refractivity contribution in [1.82, 2.24) is 14.5 Å². The molecule has 1 aliphatic carbocycles. The Morgan fingerprint density at radius 3 is 2.71 bits per heavy atom. The molecule has 0 amide bonds. The van der Waals surface area contributed by atoms with E-state index in [9.17, 15) is 13.2 Å². The fourth-order valence-electron chi connectivity index (χ4n) is 2.31. The van der Waals surface area contributed by atoms with Gasteiger partial charge in [-0.25, -0.2) is 13.2 Å². The van der Waals surface area contributed by atoms with Crippen LogP contribution in [0, 0.1) is 5.92 Å². The van der Waals surface area contributed by atoms with Gasteiger partial charge in [-0.2, -0.15) is 9.40 Å². The van der Waals surface area contributed by atoms with Crippen molar-refractivity contribution in [3.63, 3.8) is 0 Å². The molecule has 0 unspecified atom stereocenters. The zero-order valence-electron chi connectivity index (χ0n) is 12.3. The number of rotatable bonds is 7. The van der Waals surface area contributed by atoms with Crippen LogP contribution in [0.3, 0.4) is 0 Å². The second-order valence-electron chi connectivity index (χ2n) is 5.09. The number of sulfonamides is 1. The zero-order chi connectivity index (χ0) is 15.5. The molecule has 1 aliphatic rings. The Labute approximate surface area is 124 Å². The van der Waals surface area contributed by atoms with E-state index >= 15 is 0 Å². The van der Waals surface area contributed by atoms with Crippen LogP contribution in [0.5, 0.6) is 0 Å². The molecule has 0 bridgehead atoms. The van der Waals surface area contributed by atoms with Crippen LogP contribution in [-0.2, 0) is 14.8 Å². The lowest BCUT2D eigenvalue weighted by atomic mass is 9.85. The van der Waals surface area contributed by atoms with Gasteiger partial charge in [0.1, 0.15) is 5.56 Å². The van der Waals surface area contributed by atoms with Crippen LogP contribution in [-0.4, -0.2) is 48.6 Å². The molecule has 1 aromatic heterocycles. The van der Waals surface area contributed by atoms with E-state index in [0.29, 0.717) is 19.0 Å². The maximum absolute atomic E-state index is 12.7. The van der Waals surface area contributed by atoms with Gasteiger partial charge in [0.25, 0.3) is 10.0 Å². The van der Waals surface area contributed by atoms with Crippen molar-refractivity contribution in [3.05, 3.63) is 11.8 Å². The molecule has 0 aromatic carbocycles.